The van der Waals surface area contributed by atoms with Crippen molar-refractivity contribution in [3.8, 4) is 45.3 Å². The minimum Gasteiger partial charge on any atom is -0.449 e. The number of fused-ring (bicyclic) bond motifs is 14. The van der Waals surface area contributed by atoms with Crippen molar-refractivity contribution in [1.82, 2.24) is 0 Å². The van der Waals surface area contributed by atoms with Gasteiger partial charge in [-0.25, -0.2) is 0 Å². The van der Waals surface area contributed by atoms with Gasteiger partial charge in [-0.3, -0.25) is 0 Å². The van der Waals surface area contributed by atoms with Crippen LogP contribution in [0.15, 0.2) is 230 Å². The molecule has 1 spiro atoms. The van der Waals surface area contributed by atoms with Crippen molar-refractivity contribution < 1.29 is 9.47 Å². The first kappa shape index (κ1) is 36.4. The van der Waals surface area contributed by atoms with Crippen LogP contribution < -0.4 is 14.4 Å². The molecule has 65 heavy (non-hydrogen) atoms. The fourth-order valence-electron chi connectivity index (χ4n) is 12.3. The average Bonchev–Trinajstić information content (AvgIpc) is 3.96. The Balaban J connectivity index is 0.984. The highest BCUT2D eigenvalue weighted by molar-refractivity contribution is 5.98. The number of ether oxygens (including phenoxy) is 2. The molecule has 9 aromatic carbocycles. The summed E-state index contributed by atoms with van der Waals surface area (Å²) in [6.45, 7) is 0. The van der Waals surface area contributed by atoms with Crippen LogP contribution in [-0.4, -0.2) is 0 Å². The Hall–Kier alpha value is -8.14. The highest BCUT2D eigenvalue weighted by Gasteiger charge is 2.53. The summed E-state index contributed by atoms with van der Waals surface area (Å²) in [6, 6.07) is 77.4. The topological polar surface area (TPSA) is 21.7 Å². The van der Waals surface area contributed by atoms with Crippen LogP contribution in [0.4, 0.5) is 17.1 Å². The molecule has 1 heterocycles. The molecule has 0 aromatic heterocycles. The number of rotatable bonds is 5. The lowest BCUT2D eigenvalue weighted by Crippen LogP contribution is -2.32. The average molecular weight is 832 g/mol. The Morgan fingerprint density at radius 3 is 1.60 bits per heavy atom. The molecule has 0 unspecified atom stereocenters. The molecule has 306 valence electrons. The minimum atomic E-state index is -0.540. The molecule has 9 aromatic rings. The Kier molecular flexibility index (Phi) is 7.65. The molecule has 0 saturated heterocycles. The van der Waals surface area contributed by atoms with Gasteiger partial charge >= 0.3 is 0 Å². The molecule has 1 aliphatic heterocycles. The van der Waals surface area contributed by atoms with Crippen molar-refractivity contribution >= 4 is 22.6 Å². The summed E-state index contributed by atoms with van der Waals surface area (Å²) in [5.74, 6) is 2.77. The summed E-state index contributed by atoms with van der Waals surface area (Å²) < 4.78 is 14.4. The van der Waals surface area contributed by atoms with Crippen LogP contribution in [0.3, 0.4) is 0 Å². The predicted molar refractivity (Wildman–Crippen MR) is 262 cm³/mol. The van der Waals surface area contributed by atoms with Crippen LogP contribution in [0.2, 0.25) is 0 Å². The van der Waals surface area contributed by atoms with Gasteiger partial charge in [-0.05, 0) is 128 Å². The molecule has 3 heteroatoms. The maximum Gasteiger partial charge on any atom is 0.194 e. The van der Waals surface area contributed by atoms with E-state index in [1.807, 2.05) is 6.07 Å². The fourth-order valence-corrected chi connectivity index (χ4v) is 12.3. The van der Waals surface area contributed by atoms with E-state index in [4.69, 9.17) is 9.47 Å². The maximum atomic E-state index is 7.31. The smallest absolute Gasteiger partial charge is 0.194 e. The zero-order valence-electron chi connectivity index (χ0n) is 35.5. The lowest BCUT2D eigenvalue weighted by atomic mass is 9.65. The van der Waals surface area contributed by atoms with E-state index in [0.29, 0.717) is 23.0 Å². The van der Waals surface area contributed by atoms with Crippen molar-refractivity contribution in [3.05, 3.63) is 275 Å². The molecule has 3 nitrogen and oxygen atoms in total. The first-order valence-corrected chi connectivity index (χ1v) is 22.7. The summed E-state index contributed by atoms with van der Waals surface area (Å²) in [4.78, 5) is 2.40. The summed E-state index contributed by atoms with van der Waals surface area (Å²) in [6.07, 6.45) is 6.67. The molecule has 0 radical (unpaired) electrons. The maximum absolute atomic E-state index is 7.31. The van der Waals surface area contributed by atoms with Gasteiger partial charge in [0, 0.05) is 11.3 Å². The summed E-state index contributed by atoms with van der Waals surface area (Å²) in [5.41, 5.74) is 19.8. The molecule has 0 amide bonds. The van der Waals surface area contributed by atoms with Crippen molar-refractivity contribution in [1.29, 1.82) is 0 Å². The zero-order chi connectivity index (χ0) is 42.7. The molecule has 4 aliphatic carbocycles. The molecular weight excluding hydrogens is 791 g/mol. The lowest BCUT2D eigenvalue weighted by Gasteiger charge is -2.40. The van der Waals surface area contributed by atoms with Gasteiger partial charge in [0.1, 0.15) is 0 Å². The molecular formula is C62H41NO2. The van der Waals surface area contributed by atoms with Gasteiger partial charge in [-0.2, -0.15) is 0 Å². The van der Waals surface area contributed by atoms with E-state index in [0.717, 1.165) is 35.5 Å². The van der Waals surface area contributed by atoms with E-state index < -0.39 is 10.8 Å². The monoisotopic (exact) mass is 831 g/mol. The van der Waals surface area contributed by atoms with E-state index in [1.54, 1.807) is 0 Å². The van der Waals surface area contributed by atoms with Crippen molar-refractivity contribution in [2.24, 2.45) is 0 Å². The van der Waals surface area contributed by atoms with E-state index >= 15 is 0 Å². The van der Waals surface area contributed by atoms with Gasteiger partial charge in [-0.1, -0.05) is 182 Å². The number of anilines is 3. The van der Waals surface area contributed by atoms with Crippen molar-refractivity contribution in [2.45, 2.75) is 23.7 Å². The summed E-state index contributed by atoms with van der Waals surface area (Å²) in [7, 11) is 0. The molecule has 14 rings (SSSR count). The quantitative estimate of drug-likeness (QED) is 0.172. The van der Waals surface area contributed by atoms with E-state index in [1.165, 1.54) is 72.3 Å². The molecule has 0 N–H and O–H groups in total. The highest BCUT2D eigenvalue weighted by atomic mass is 16.6. The van der Waals surface area contributed by atoms with Crippen LogP contribution in [0.1, 0.15) is 57.3 Å². The number of allylic oxidation sites excluding steroid dienone is 4. The van der Waals surface area contributed by atoms with E-state index in [9.17, 15) is 0 Å². The van der Waals surface area contributed by atoms with Gasteiger partial charge in [-0.15, -0.1) is 0 Å². The largest absolute Gasteiger partial charge is 0.449 e. The van der Waals surface area contributed by atoms with Crippen LogP contribution in [0.5, 0.6) is 23.0 Å². The fraction of sp³-hybridized carbons (Fsp3) is 0.0645. The standard InChI is InChI=1S/C62H41NO2/c1-4-20-40(21-5-1)61(41-22-6-2-7-23-41)49-31-14-12-28-45(49)47-30-18-35-54(59(47)61)63(42-24-8-3-9-25-42)55-36-19-37-56-60(55)65-57-38-48-46-29-13-17-34-52(46)62(53(48)39-58(57)64-56)50-32-15-10-26-43(50)44-27-11-16-33-51(44)62/h1-13,15-30,32-39H,14,31H2. The Morgan fingerprint density at radius 2 is 0.938 bits per heavy atom. The summed E-state index contributed by atoms with van der Waals surface area (Å²) in [5, 5.41) is 0. The third-order valence-electron chi connectivity index (χ3n) is 14.7. The normalized spacial score (nSPS) is 15.6. The second-order valence-electron chi connectivity index (χ2n) is 17.7. The van der Waals surface area contributed by atoms with Crippen LogP contribution in [-0.2, 0) is 10.8 Å². The number of para-hydroxylation sites is 2. The van der Waals surface area contributed by atoms with Crippen LogP contribution in [0.25, 0.3) is 27.8 Å². The Morgan fingerprint density at radius 1 is 0.400 bits per heavy atom. The summed E-state index contributed by atoms with van der Waals surface area (Å²) >= 11 is 0. The number of hydrogen-bond acceptors (Lipinski definition) is 3. The second-order valence-corrected chi connectivity index (χ2v) is 17.7. The van der Waals surface area contributed by atoms with Gasteiger partial charge in [0.25, 0.3) is 0 Å². The van der Waals surface area contributed by atoms with E-state index in [-0.39, 0.29) is 0 Å². The molecule has 5 aliphatic rings. The zero-order valence-corrected chi connectivity index (χ0v) is 35.5. The van der Waals surface area contributed by atoms with Gasteiger partial charge in [0.05, 0.1) is 22.2 Å². The predicted octanol–water partition coefficient (Wildman–Crippen LogP) is 15.8. The third-order valence-corrected chi connectivity index (χ3v) is 14.7. The SMILES string of the molecule is C1=CC2=C(CC1)C(c1ccccc1)(c1ccccc1)c1c2cccc1N(c1ccccc1)c1cccc2c1Oc1cc3c(cc1O2)C1(c2ccccc2-c2ccccc21)c1ccccc1-3. The van der Waals surface area contributed by atoms with Crippen molar-refractivity contribution in [3.63, 3.8) is 0 Å². The van der Waals surface area contributed by atoms with Crippen molar-refractivity contribution in [2.75, 3.05) is 4.90 Å². The van der Waals surface area contributed by atoms with E-state index in [2.05, 4.69) is 223 Å². The molecule has 0 fully saturated rings. The van der Waals surface area contributed by atoms with Crippen LogP contribution in [0, 0.1) is 0 Å². The molecule has 0 atom stereocenters. The minimum absolute atomic E-state index is 0.482. The number of nitrogens with zero attached hydrogens (tertiary/aromatic N) is 1. The third kappa shape index (κ3) is 4.79. The Labute approximate surface area is 378 Å². The molecule has 0 saturated carbocycles. The van der Waals surface area contributed by atoms with Crippen LogP contribution >= 0.6 is 0 Å². The second kappa shape index (κ2) is 13.7. The number of benzene rings is 9. The Bertz CT molecular complexity index is 3410. The lowest BCUT2D eigenvalue weighted by molar-refractivity contribution is 0.360. The first-order chi connectivity index (χ1) is 32.3. The van der Waals surface area contributed by atoms with Gasteiger partial charge in [0.2, 0.25) is 0 Å². The first-order valence-electron chi connectivity index (χ1n) is 22.7. The van der Waals surface area contributed by atoms with Gasteiger partial charge in [0.15, 0.2) is 23.0 Å². The highest BCUT2D eigenvalue weighted by Crippen LogP contribution is 2.66. The number of hydrogen-bond donors (Lipinski definition) is 0. The molecule has 0 bridgehead atoms. The van der Waals surface area contributed by atoms with Gasteiger partial charge < -0.3 is 14.4 Å².